The molecule has 0 radical (unpaired) electrons. The molecule has 1 heterocycles. The summed E-state index contributed by atoms with van der Waals surface area (Å²) in [6.45, 7) is 4.63. The van der Waals surface area contributed by atoms with Gasteiger partial charge in [0.05, 0.1) is 24.2 Å². The third-order valence-corrected chi connectivity index (χ3v) is 3.26. The quantitative estimate of drug-likeness (QED) is 0.849. The van der Waals surface area contributed by atoms with Gasteiger partial charge in [-0.15, -0.1) is 0 Å². The number of hydrogen-bond acceptors (Lipinski definition) is 3. The highest BCUT2D eigenvalue weighted by Crippen LogP contribution is 2.20. The second kappa shape index (κ2) is 6.92. The topological polar surface area (TPSA) is 64.3 Å². The van der Waals surface area contributed by atoms with Gasteiger partial charge >= 0.3 is 5.97 Å². The number of hydrogen-bond donors (Lipinski definition) is 1. The van der Waals surface area contributed by atoms with Gasteiger partial charge in [0, 0.05) is 0 Å². The lowest BCUT2D eigenvalue weighted by Crippen LogP contribution is -2.07. The van der Waals surface area contributed by atoms with Crippen LogP contribution in [0.5, 0.6) is 5.75 Å². The van der Waals surface area contributed by atoms with Crippen LogP contribution in [0.3, 0.4) is 0 Å². The average Bonchev–Trinajstić information content (AvgIpc) is 2.90. The SMILES string of the molecule is CCCCc1c(C(=O)O)cnn1-c1ccc(OCC)cc1. The van der Waals surface area contributed by atoms with E-state index in [0.717, 1.165) is 30.0 Å². The summed E-state index contributed by atoms with van der Waals surface area (Å²) in [6.07, 6.45) is 4.06. The van der Waals surface area contributed by atoms with Gasteiger partial charge in [-0.05, 0) is 44.0 Å². The summed E-state index contributed by atoms with van der Waals surface area (Å²) < 4.78 is 7.11. The van der Waals surface area contributed by atoms with Crippen LogP contribution < -0.4 is 4.74 Å². The van der Waals surface area contributed by atoms with Crippen LogP contribution in [0, 0.1) is 0 Å². The molecular weight excluding hydrogens is 268 g/mol. The molecule has 112 valence electrons. The van der Waals surface area contributed by atoms with Crippen molar-refractivity contribution in [1.29, 1.82) is 0 Å². The van der Waals surface area contributed by atoms with Crippen LogP contribution >= 0.6 is 0 Å². The molecule has 1 aromatic carbocycles. The van der Waals surface area contributed by atoms with Gasteiger partial charge in [-0.3, -0.25) is 0 Å². The van der Waals surface area contributed by atoms with E-state index in [-0.39, 0.29) is 5.56 Å². The zero-order chi connectivity index (χ0) is 15.2. The average molecular weight is 288 g/mol. The molecule has 21 heavy (non-hydrogen) atoms. The number of rotatable bonds is 7. The summed E-state index contributed by atoms with van der Waals surface area (Å²) in [4.78, 5) is 11.3. The van der Waals surface area contributed by atoms with Gasteiger partial charge in [0.25, 0.3) is 0 Å². The lowest BCUT2D eigenvalue weighted by molar-refractivity contribution is 0.0695. The molecule has 0 spiro atoms. The van der Waals surface area contributed by atoms with Gasteiger partial charge in [-0.1, -0.05) is 13.3 Å². The Bertz CT molecular complexity index is 602. The minimum Gasteiger partial charge on any atom is -0.494 e. The van der Waals surface area contributed by atoms with Gasteiger partial charge in [-0.25, -0.2) is 9.48 Å². The lowest BCUT2D eigenvalue weighted by atomic mass is 10.1. The van der Waals surface area contributed by atoms with Crippen molar-refractivity contribution >= 4 is 5.97 Å². The summed E-state index contributed by atoms with van der Waals surface area (Å²) in [5.41, 5.74) is 1.86. The molecule has 0 aliphatic carbocycles. The van der Waals surface area contributed by atoms with E-state index in [2.05, 4.69) is 12.0 Å². The fourth-order valence-corrected chi connectivity index (χ4v) is 2.21. The normalized spacial score (nSPS) is 10.6. The first kappa shape index (κ1) is 15.1. The van der Waals surface area contributed by atoms with Crippen molar-refractivity contribution in [2.75, 3.05) is 6.61 Å². The first-order chi connectivity index (χ1) is 10.2. The van der Waals surface area contributed by atoms with Crippen molar-refractivity contribution in [3.05, 3.63) is 41.7 Å². The molecule has 0 fully saturated rings. The van der Waals surface area contributed by atoms with E-state index in [9.17, 15) is 9.90 Å². The fraction of sp³-hybridized carbons (Fsp3) is 0.375. The second-order valence-electron chi connectivity index (χ2n) is 4.75. The van der Waals surface area contributed by atoms with Gasteiger partial charge in [0.2, 0.25) is 0 Å². The molecule has 0 atom stereocenters. The van der Waals surface area contributed by atoms with E-state index < -0.39 is 5.97 Å². The molecule has 0 saturated heterocycles. The highest BCUT2D eigenvalue weighted by molar-refractivity contribution is 5.88. The molecule has 5 nitrogen and oxygen atoms in total. The van der Waals surface area contributed by atoms with Crippen LogP contribution in [0.1, 0.15) is 42.7 Å². The number of carbonyl (C=O) groups is 1. The predicted molar refractivity (Wildman–Crippen MR) is 80.3 cm³/mol. The number of carboxylic acid groups (broad SMARTS) is 1. The van der Waals surface area contributed by atoms with E-state index in [1.54, 1.807) is 4.68 Å². The molecule has 0 unspecified atom stereocenters. The van der Waals surface area contributed by atoms with Crippen molar-refractivity contribution in [3.63, 3.8) is 0 Å². The summed E-state index contributed by atoms with van der Waals surface area (Å²) in [5.74, 6) is -0.139. The highest BCUT2D eigenvalue weighted by Gasteiger charge is 2.17. The predicted octanol–water partition coefficient (Wildman–Crippen LogP) is 3.31. The highest BCUT2D eigenvalue weighted by atomic mass is 16.5. The number of carboxylic acids is 1. The Morgan fingerprint density at radius 2 is 2.00 bits per heavy atom. The van der Waals surface area contributed by atoms with Crippen LogP contribution in [0.2, 0.25) is 0 Å². The van der Waals surface area contributed by atoms with Crippen LogP contribution in [-0.2, 0) is 6.42 Å². The first-order valence-corrected chi connectivity index (χ1v) is 7.20. The van der Waals surface area contributed by atoms with Crippen LogP contribution in [0.25, 0.3) is 5.69 Å². The number of ether oxygens (including phenoxy) is 1. The van der Waals surface area contributed by atoms with Crippen molar-refractivity contribution < 1.29 is 14.6 Å². The van der Waals surface area contributed by atoms with Crippen molar-refractivity contribution in [2.24, 2.45) is 0 Å². The van der Waals surface area contributed by atoms with E-state index in [1.165, 1.54) is 6.20 Å². The minimum absolute atomic E-state index is 0.275. The maximum absolute atomic E-state index is 11.3. The summed E-state index contributed by atoms with van der Waals surface area (Å²) in [6, 6.07) is 7.51. The van der Waals surface area contributed by atoms with E-state index in [0.29, 0.717) is 13.0 Å². The number of aromatic carboxylic acids is 1. The van der Waals surface area contributed by atoms with Crippen molar-refractivity contribution in [2.45, 2.75) is 33.1 Å². The molecule has 0 saturated carbocycles. The van der Waals surface area contributed by atoms with Gasteiger partial charge in [0.1, 0.15) is 11.3 Å². The third kappa shape index (κ3) is 3.42. The zero-order valence-corrected chi connectivity index (χ0v) is 12.4. The summed E-state index contributed by atoms with van der Waals surface area (Å²) >= 11 is 0. The maximum atomic E-state index is 11.3. The molecular formula is C16H20N2O3. The molecule has 0 amide bonds. The molecule has 5 heteroatoms. The Balaban J connectivity index is 2.35. The van der Waals surface area contributed by atoms with Crippen LogP contribution in [0.4, 0.5) is 0 Å². The smallest absolute Gasteiger partial charge is 0.339 e. The molecule has 0 aliphatic heterocycles. The Hall–Kier alpha value is -2.30. The molecule has 0 bridgehead atoms. The molecule has 0 aliphatic rings. The molecule has 1 aromatic heterocycles. The number of nitrogens with zero attached hydrogens (tertiary/aromatic N) is 2. The Kier molecular flexibility index (Phi) is 4.98. The molecule has 2 rings (SSSR count). The molecule has 1 N–H and O–H groups in total. The monoisotopic (exact) mass is 288 g/mol. The zero-order valence-electron chi connectivity index (χ0n) is 12.4. The molecule has 2 aromatic rings. The van der Waals surface area contributed by atoms with E-state index >= 15 is 0 Å². The Morgan fingerprint density at radius 3 is 2.57 bits per heavy atom. The number of aromatic nitrogens is 2. The van der Waals surface area contributed by atoms with Crippen molar-refractivity contribution in [3.8, 4) is 11.4 Å². The Morgan fingerprint density at radius 1 is 1.29 bits per heavy atom. The number of unbranched alkanes of at least 4 members (excludes halogenated alkanes) is 1. The summed E-state index contributed by atoms with van der Waals surface area (Å²) in [5, 5.41) is 13.5. The van der Waals surface area contributed by atoms with Crippen molar-refractivity contribution in [1.82, 2.24) is 9.78 Å². The van der Waals surface area contributed by atoms with Gasteiger partial charge in [0.15, 0.2) is 0 Å². The third-order valence-electron chi connectivity index (χ3n) is 3.26. The van der Waals surface area contributed by atoms with Gasteiger partial charge < -0.3 is 9.84 Å². The summed E-state index contributed by atoms with van der Waals surface area (Å²) in [7, 11) is 0. The van der Waals surface area contributed by atoms with E-state index in [4.69, 9.17) is 4.74 Å². The minimum atomic E-state index is -0.932. The van der Waals surface area contributed by atoms with Crippen LogP contribution in [-0.4, -0.2) is 27.5 Å². The first-order valence-electron chi connectivity index (χ1n) is 7.20. The Labute approximate surface area is 124 Å². The van der Waals surface area contributed by atoms with Crippen LogP contribution in [0.15, 0.2) is 30.5 Å². The number of benzene rings is 1. The van der Waals surface area contributed by atoms with Gasteiger partial charge in [-0.2, -0.15) is 5.10 Å². The largest absolute Gasteiger partial charge is 0.494 e. The fourth-order valence-electron chi connectivity index (χ4n) is 2.21. The standard InChI is InChI=1S/C16H20N2O3/c1-3-5-6-15-14(16(19)20)11-17-18(15)12-7-9-13(10-8-12)21-4-2/h7-11H,3-6H2,1-2H3,(H,19,20). The second-order valence-corrected chi connectivity index (χ2v) is 4.75. The maximum Gasteiger partial charge on any atom is 0.339 e. The lowest BCUT2D eigenvalue weighted by Gasteiger charge is -2.09. The van der Waals surface area contributed by atoms with E-state index in [1.807, 2.05) is 31.2 Å².